The van der Waals surface area contributed by atoms with Crippen LogP contribution in [0, 0.1) is 0 Å². The Balaban J connectivity index is 2.05. The number of nitrogens with zero attached hydrogens (tertiary/aromatic N) is 1. The van der Waals surface area contributed by atoms with E-state index in [1.165, 1.54) is 31.5 Å². The van der Waals surface area contributed by atoms with Gasteiger partial charge in [-0.2, -0.15) is 0 Å². The van der Waals surface area contributed by atoms with Crippen LogP contribution in [0.1, 0.15) is 49.8 Å². The van der Waals surface area contributed by atoms with Crippen LogP contribution >= 0.6 is 34.8 Å². The molecule has 0 spiro atoms. The van der Waals surface area contributed by atoms with Crippen LogP contribution in [-0.4, -0.2) is 35.0 Å². The monoisotopic (exact) mass is 377 g/mol. The molecule has 1 aliphatic heterocycles. The molecule has 0 bridgehead atoms. The normalized spacial score (nSPS) is 19.0. The largest absolute Gasteiger partial charge is 0.322 e. The standard InChI is InChI=1S/C18H28Cl3N2/c1-3-4-11-22-17(18(19,20)21)16-9-7-15(8-10-16)14-23(2)12-5-6-13-23/h7-10,17,22H,3-6,11-14H2,1-2H3/q+1. The van der Waals surface area contributed by atoms with E-state index in [1.807, 2.05) is 0 Å². The summed E-state index contributed by atoms with van der Waals surface area (Å²) < 4.78 is -0.204. The lowest BCUT2D eigenvalue weighted by Gasteiger charge is -2.30. The van der Waals surface area contributed by atoms with Crippen molar-refractivity contribution in [3.05, 3.63) is 35.4 Å². The zero-order chi connectivity index (χ0) is 16.9. The molecular weight excluding hydrogens is 351 g/mol. The molecule has 130 valence electrons. The maximum Gasteiger partial charge on any atom is 0.209 e. The van der Waals surface area contributed by atoms with Gasteiger partial charge in [-0.25, -0.2) is 0 Å². The molecule has 1 atom stereocenters. The molecule has 0 aromatic heterocycles. The highest BCUT2D eigenvalue weighted by molar-refractivity contribution is 6.68. The highest BCUT2D eigenvalue weighted by atomic mass is 35.6. The van der Waals surface area contributed by atoms with Crippen LogP contribution in [0.2, 0.25) is 0 Å². The average molecular weight is 379 g/mol. The van der Waals surface area contributed by atoms with Gasteiger partial charge in [0.15, 0.2) is 0 Å². The van der Waals surface area contributed by atoms with Gasteiger partial charge in [-0.1, -0.05) is 72.4 Å². The molecule has 0 radical (unpaired) electrons. The van der Waals surface area contributed by atoms with Crippen LogP contribution in [0.5, 0.6) is 0 Å². The van der Waals surface area contributed by atoms with Crippen molar-refractivity contribution in [2.24, 2.45) is 0 Å². The lowest BCUT2D eigenvalue weighted by Crippen LogP contribution is -2.39. The van der Waals surface area contributed by atoms with E-state index in [2.05, 4.69) is 43.6 Å². The van der Waals surface area contributed by atoms with Crippen LogP contribution in [0.25, 0.3) is 0 Å². The van der Waals surface area contributed by atoms with E-state index in [0.717, 1.165) is 36.0 Å². The molecule has 2 rings (SSSR count). The van der Waals surface area contributed by atoms with Gasteiger partial charge >= 0.3 is 0 Å². The quantitative estimate of drug-likeness (QED) is 0.389. The van der Waals surface area contributed by atoms with E-state index in [4.69, 9.17) is 34.8 Å². The molecule has 1 heterocycles. The lowest BCUT2D eigenvalue weighted by atomic mass is 10.0. The molecule has 1 unspecified atom stereocenters. The number of hydrogen-bond acceptors (Lipinski definition) is 1. The summed E-state index contributed by atoms with van der Waals surface area (Å²) in [5, 5.41) is 3.38. The molecule has 1 aromatic carbocycles. The lowest BCUT2D eigenvalue weighted by molar-refractivity contribution is -0.910. The molecule has 1 aromatic rings. The third-order valence-electron chi connectivity index (χ3n) is 4.73. The minimum absolute atomic E-state index is 0.273. The van der Waals surface area contributed by atoms with E-state index < -0.39 is 3.79 Å². The summed E-state index contributed by atoms with van der Waals surface area (Å²) in [6.45, 7) is 6.64. The molecule has 1 saturated heterocycles. The predicted octanol–water partition coefficient (Wildman–Crippen LogP) is 5.23. The van der Waals surface area contributed by atoms with Gasteiger partial charge in [0.2, 0.25) is 3.79 Å². The molecule has 2 nitrogen and oxygen atoms in total. The van der Waals surface area contributed by atoms with Crippen molar-refractivity contribution in [2.75, 3.05) is 26.7 Å². The second-order valence-corrected chi connectivity index (χ2v) is 9.32. The van der Waals surface area contributed by atoms with Crippen molar-refractivity contribution >= 4 is 34.8 Å². The maximum absolute atomic E-state index is 6.18. The Morgan fingerprint density at radius 2 is 1.74 bits per heavy atom. The molecule has 23 heavy (non-hydrogen) atoms. The van der Waals surface area contributed by atoms with Crippen molar-refractivity contribution < 1.29 is 4.48 Å². The Bertz CT molecular complexity index is 476. The predicted molar refractivity (Wildman–Crippen MR) is 101 cm³/mol. The first-order valence-corrected chi connectivity index (χ1v) is 9.70. The summed E-state index contributed by atoms with van der Waals surface area (Å²) in [6, 6.07) is 8.29. The minimum Gasteiger partial charge on any atom is -0.322 e. The van der Waals surface area contributed by atoms with E-state index in [-0.39, 0.29) is 6.04 Å². The van der Waals surface area contributed by atoms with Gasteiger partial charge < -0.3 is 9.80 Å². The second kappa shape index (κ2) is 8.40. The Kier molecular flexibility index (Phi) is 7.06. The fraction of sp³-hybridized carbons (Fsp3) is 0.667. The molecule has 0 saturated carbocycles. The van der Waals surface area contributed by atoms with Gasteiger partial charge in [0.1, 0.15) is 6.54 Å². The van der Waals surface area contributed by atoms with E-state index in [9.17, 15) is 0 Å². The number of benzene rings is 1. The smallest absolute Gasteiger partial charge is 0.209 e. The maximum atomic E-state index is 6.18. The average Bonchev–Trinajstić information content (AvgIpc) is 2.90. The number of rotatable bonds is 7. The van der Waals surface area contributed by atoms with Gasteiger partial charge in [0.25, 0.3) is 0 Å². The van der Waals surface area contributed by atoms with Gasteiger partial charge in [-0.05, 0) is 18.5 Å². The van der Waals surface area contributed by atoms with Crippen LogP contribution in [-0.2, 0) is 6.54 Å². The Morgan fingerprint density at radius 1 is 1.13 bits per heavy atom. The molecule has 1 fully saturated rings. The third kappa shape index (κ3) is 5.79. The van der Waals surface area contributed by atoms with Crippen molar-refractivity contribution in [3.63, 3.8) is 0 Å². The van der Waals surface area contributed by atoms with Crippen molar-refractivity contribution in [1.82, 2.24) is 5.32 Å². The van der Waals surface area contributed by atoms with Crippen molar-refractivity contribution in [3.8, 4) is 0 Å². The zero-order valence-corrected chi connectivity index (χ0v) is 16.4. The first kappa shape index (κ1) is 19.3. The van der Waals surface area contributed by atoms with Gasteiger partial charge in [0.05, 0.1) is 26.2 Å². The SMILES string of the molecule is CCCCNC(c1ccc(C[N+]2(C)CCCC2)cc1)C(Cl)(Cl)Cl. The number of alkyl halides is 3. The molecular formula is C18H28Cl3N2+. The molecule has 0 aliphatic carbocycles. The van der Waals surface area contributed by atoms with E-state index in [1.54, 1.807) is 0 Å². The first-order valence-electron chi connectivity index (χ1n) is 8.56. The first-order chi connectivity index (χ1) is 10.8. The van der Waals surface area contributed by atoms with Crippen LogP contribution in [0.3, 0.4) is 0 Å². The third-order valence-corrected chi connectivity index (χ3v) is 5.38. The number of hydrogen-bond donors (Lipinski definition) is 1. The Labute approximate surface area is 155 Å². The number of likely N-dealkylation sites (tertiary alicyclic amines) is 1. The molecule has 5 heteroatoms. The Morgan fingerprint density at radius 3 is 2.26 bits per heavy atom. The fourth-order valence-electron chi connectivity index (χ4n) is 3.36. The van der Waals surface area contributed by atoms with Gasteiger partial charge in [-0.3, -0.25) is 0 Å². The second-order valence-electron chi connectivity index (χ2n) is 6.96. The Hall–Kier alpha value is 0.01000. The van der Waals surface area contributed by atoms with E-state index >= 15 is 0 Å². The summed E-state index contributed by atoms with van der Waals surface area (Å²) in [6.07, 6.45) is 4.87. The summed E-state index contributed by atoms with van der Waals surface area (Å²) >= 11 is 18.5. The highest BCUT2D eigenvalue weighted by Crippen LogP contribution is 2.40. The summed E-state index contributed by atoms with van der Waals surface area (Å²) in [7, 11) is 2.34. The van der Waals surface area contributed by atoms with Crippen molar-refractivity contribution in [1.29, 1.82) is 0 Å². The fourth-order valence-corrected chi connectivity index (χ4v) is 3.97. The summed E-state index contributed by atoms with van der Waals surface area (Å²) in [5.74, 6) is 0. The van der Waals surface area contributed by atoms with Crippen LogP contribution in [0.15, 0.2) is 24.3 Å². The van der Waals surface area contributed by atoms with Crippen molar-refractivity contribution in [2.45, 2.75) is 49.0 Å². The van der Waals surface area contributed by atoms with Gasteiger partial charge in [0, 0.05) is 18.4 Å². The number of nitrogens with one attached hydrogen (secondary N) is 1. The number of quaternary nitrogens is 1. The highest BCUT2D eigenvalue weighted by Gasteiger charge is 2.33. The molecule has 0 amide bonds. The minimum atomic E-state index is -1.34. The number of halogens is 3. The van der Waals surface area contributed by atoms with Gasteiger partial charge in [-0.15, -0.1) is 0 Å². The summed E-state index contributed by atoms with van der Waals surface area (Å²) in [4.78, 5) is 0. The molecule has 1 aliphatic rings. The topological polar surface area (TPSA) is 12.0 Å². The van der Waals surface area contributed by atoms with Crippen LogP contribution < -0.4 is 5.32 Å². The molecule has 1 N–H and O–H groups in total. The van der Waals surface area contributed by atoms with E-state index in [0.29, 0.717) is 0 Å². The summed E-state index contributed by atoms with van der Waals surface area (Å²) in [5.41, 5.74) is 2.39. The zero-order valence-electron chi connectivity index (χ0n) is 14.1. The van der Waals surface area contributed by atoms with Crippen LogP contribution in [0.4, 0.5) is 0 Å². The number of unbranched alkanes of at least 4 members (excludes halogenated alkanes) is 1.